The first-order valence-corrected chi connectivity index (χ1v) is 3.32. The van der Waals surface area contributed by atoms with Gasteiger partial charge in [-0.25, -0.2) is 4.98 Å². The van der Waals surface area contributed by atoms with E-state index in [2.05, 4.69) is 9.97 Å². The van der Waals surface area contributed by atoms with E-state index in [1.807, 2.05) is 0 Å². The van der Waals surface area contributed by atoms with Crippen molar-refractivity contribution in [1.82, 2.24) is 15.3 Å². The van der Waals surface area contributed by atoms with Gasteiger partial charge >= 0.3 is 12.1 Å². The Morgan fingerprint density at radius 3 is 2.77 bits per heavy atom. The number of alkyl halides is 3. The number of nitrogens with one attached hydrogen (secondary N) is 2. The van der Waals surface area contributed by atoms with Gasteiger partial charge in [0.15, 0.2) is 0 Å². The molecule has 0 aliphatic heterocycles. The van der Waals surface area contributed by atoms with Crippen LogP contribution in [0, 0.1) is 0 Å². The lowest BCUT2D eigenvalue weighted by Gasteiger charge is -2.05. The number of aromatic amines is 1. The Balaban J connectivity index is 2.40. The molecule has 72 valence electrons. The van der Waals surface area contributed by atoms with Crippen LogP contribution in [0.1, 0.15) is 5.69 Å². The molecule has 1 amide bonds. The van der Waals surface area contributed by atoms with Crippen LogP contribution in [0.5, 0.6) is 0 Å². The van der Waals surface area contributed by atoms with Gasteiger partial charge in [-0.1, -0.05) is 0 Å². The molecule has 13 heavy (non-hydrogen) atoms. The highest BCUT2D eigenvalue weighted by molar-refractivity contribution is 5.81. The van der Waals surface area contributed by atoms with Crippen molar-refractivity contribution in [3.8, 4) is 0 Å². The lowest BCUT2D eigenvalue weighted by atomic mass is 10.4. The molecular formula is C6H6F3N3O. The van der Waals surface area contributed by atoms with Crippen LogP contribution in [-0.2, 0) is 11.3 Å². The van der Waals surface area contributed by atoms with Crippen LogP contribution in [0.15, 0.2) is 12.5 Å². The van der Waals surface area contributed by atoms with Crippen molar-refractivity contribution in [2.24, 2.45) is 0 Å². The molecule has 0 aliphatic rings. The first-order valence-electron chi connectivity index (χ1n) is 3.32. The number of nitrogens with zero attached hydrogens (tertiary/aromatic N) is 1. The lowest BCUT2D eigenvalue weighted by Crippen LogP contribution is -2.36. The van der Waals surface area contributed by atoms with Crippen LogP contribution in [0.2, 0.25) is 0 Å². The Bertz CT molecular complexity index is 280. The van der Waals surface area contributed by atoms with E-state index in [9.17, 15) is 18.0 Å². The van der Waals surface area contributed by atoms with Crippen molar-refractivity contribution in [2.45, 2.75) is 12.7 Å². The van der Waals surface area contributed by atoms with Gasteiger partial charge < -0.3 is 10.3 Å². The summed E-state index contributed by atoms with van der Waals surface area (Å²) in [7, 11) is 0. The fraction of sp³-hybridized carbons (Fsp3) is 0.333. The summed E-state index contributed by atoms with van der Waals surface area (Å²) >= 11 is 0. The van der Waals surface area contributed by atoms with Crippen LogP contribution in [0.25, 0.3) is 0 Å². The average Bonchev–Trinajstić information content (AvgIpc) is 2.50. The SMILES string of the molecule is O=C(NCc1cnc[nH]1)C(F)(F)F. The molecule has 1 aromatic heterocycles. The quantitative estimate of drug-likeness (QED) is 0.722. The number of carbonyl (C=O) groups is 1. The summed E-state index contributed by atoms with van der Waals surface area (Å²) in [6, 6.07) is 0. The molecule has 2 N–H and O–H groups in total. The van der Waals surface area contributed by atoms with Gasteiger partial charge in [0.2, 0.25) is 0 Å². The number of H-pyrrole nitrogens is 1. The van der Waals surface area contributed by atoms with E-state index >= 15 is 0 Å². The van der Waals surface area contributed by atoms with Crippen molar-refractivity contribution in [1.29, 1.82) is 0 Å². The van der Waals surface area contributed by atoms with Crippen molar-refractivity contribution in [3.63, 3.8) is 0 Å². The van der Waals surface area contributed by atoms with Gasteiger partial charge in [0.05, 0.1) is 18.6 Å². The minimum Gasteiger partial charge on any atom is -0.347 e. The number of aromatic nitrogens is 2. The summed E-state index contributed by atoms with van der Waals surface area (Å²) in [4.78, 5) is 16.4. The molecule has 0 aromatic carbocycles. The predicted octanol–water partition coefficient (Wildman–Crippen LogP) is 0.588. The minimum atomic E-state index is -4.83. The number of imidazole rings is 1. The summed E-state index contributed by atoms with van der Waals surface area (Å²) in [6.45, 7) is -0.210. The smallest absolute Gasteiger partial charge is 0.347 e. The molecule has 7 heteroatoms. The first-order chi connectivity index (χ1) is 6.00. The Kier molecular flexibility index (Phi) is 2.54. The Hall–Kier alpha value is -1.53. The molecule has 0 spiro atoms. The summed E-state index contributed by atoms with van der Waals surface area (Å²) in [5, 5.41) is 1.69. The van der Waals surface area contributed by atoms with Crippen LogP contribution in [0.4, 0.5) is 13.2 Å². The Morgan fingerprint density at radius 2 is 2.31 bits per heavy atom. The third-order valence-electron chi connectivity index (χ3n) is 1.25. The highest BCUT2D eigenvalue weighted by atomic mass is 19.4. The topological polar surface area (TPSA) is 57.8 Å². The van der Waals surface area contributed by atoms with E-state index in [0.29, 0.717) is 5.69 Å². The van der Waals surface area contributed by atoms with Crippen LogP contribution < -0.4 is 5.32 Å². The van der Waals surface area contributed by atoms with Crippen molar-refractivity contribution >= 4 is 5.91 Å². The summed E-state index contributed by atoms with van der Waals surface area (Å²) < 4.78 is 34.9. The molecule has 4 nitrogen and oxygen atoms in total. The number of hydrogen-bond acceptors (Lipinski definition) is 2. The molecule has 0 aliphatic carbocycles. The average molecular weight is 193 g/mol. The van der Waals surface area contributed by atoms with Crippen LogP contribution >= 0.6 is 0 Å². The second-order valence-electron chi connectivity index (χ2n) is 2.26. The number of hydrogen-bond donors (Lipinski definition) is 2. The van der Waals surface area contributed by atoms with Crippen molar-refractivity contribution < 1.29 is 18.0 Å². The first kappa shape index (κ1) is 9.56. The van der Waals surface area contributed by atoms with Gasteiger partial charge in [0.25, 0.3) is 0 Å². The predicted molar refractivity (Wildman–Crippen MR) is 36.5 cm³/mol. The number of halogens is 3. The monoisotopic (exact) mass is 193 g/mol. The molecule has 0 saturated carbocycles. The maximum atomic E-state index is 11.6. The fourth-order valence-corrected chi connectivity index (χ4v) is 0.657. The molecule has 1 heterocycles. The third kappa shape index (κ3) is 2.77. The molecule has 1 aromatic rings. The highest BCUT2D eigenvalue weighted by Crippen LogP contribution is 2.14. The summed E-state index contributed by atoms with van der Waals surface area (Å²) in [6.07, 6.45) is -2.19. The highest BCUT2D eigenvalue weighted by Gasteiger charge is 2.38. The Morgan fingerprint density at radius 1 is 1.62 bits per heavy atom. The van der Waals surface area contributed by atoms with E-state index in [4.69, 9.17) is 0 Å². The molecule has 0 bridgehead atoms. The maximum Gasteiger partial charge on any atom is 0.471 e. The molecule has 0 atom stereocenters. The molecule has 0 radical (unpaired) electrons. The lowest BCUT2D eigenvalue weighted by molar-refractivity contribution is -0.173. The van der Waals surface area contributed by atoms with Crippen molar-refractivity contribution in [2.75, 3.05) is 0 Å². The zero-order valence-electron chi connectivity index (χ0n) is 6.35. The zero-order chi connectivity index (χ0) is 9.90. The molecule has 0 saturated heterocycles. The maximum absolute atomic E-state index is 11.6. The van der Waals surface area contributed by atoms with Crippen molar-refractivity contribution in [3.05, 3.63) is 18.2 Å². The fourth-order valence-electron chi connectivity index (χ4n) is 0.657. The molecule has 0 unspecified atom stereocenters. The zero-order valence-corrected chi connectivity index (χ0v) is 6.35. The van der Waals surface area contributed by atoms with Crippen LogP contribution in [-0.4, -0.2) is 22.1 Å². The van der Waals surface area contributed by atoms with E-state index in [1.165, 1.54) is 12.5 Å². The van der Waals surface area contributed by atoms with E-state index in [-0.39, 0.29) is 6.54 Å². The van der Waals surface area contributed by atoms with Gasteiger partial charge in [-0.05, 0) is 0 Å². The van der Waals surface area contributed by atoms with E-state index in [1.54, 1.807) is 5.32 Å². The van der Waals surface area contributed by atoms with Crippen LogP contribution in [0.3, 0.4) is 0 Å². The van der Waals surface area contributed by atoms with Gasteiger partial charge in [-0.15, -0.1) is 0 Å². The van der Waals surface area contributed by atoms with Gasteiger partial charge in [0.1, 0.15) is 0 Å². The number of amides is 1. The van der Waals surface area contributed by atoms with Gasteiger partial charge in [0, 0.05) is 6.20 Å². The second kappa shape index (κ2) is 3.46. The van der Waals surface area contributed by atoms with E-state index < -0.39 is 12.1 Å². The largest absolute Gasteiger partial charge is 0.471 e. The molecule has 0 fully saturated rings. The summed E-state index contributed by atoms with van der Waals surface area (Å²) in [5.41, 5.74) is 0.414. The number of carbonyl (C=O) groups excluding carboxylic acids is 1. The number of rotatable bonds is 2. The Labute approximate surface area is 71.2 Å². The minimum absolute atomic E-state index is 0.210. The molecular weight excluding hydrogens is 187 g/mol. The third-order valence-corrected chi connectivity index (χ3v) is 1.25. The van der Waals surface area contributed by atoms with Gasteiger partial charge in [-0.2, -0.15) is 13.2 Å². The van der Waals surface area contributed by atoms with E-state index in [0.717, 1.165) is 0 Å². The standard InChI is InChI=1S/C6H6F3N3O/c7-6(8,9)5(13)11-2-4-1-10-3-12-4/h1,3H,2H2,(H,10,12)(H,11,13). The second-order valence-corrected chi connectivity index (χ2v) is 2.26. The molecule has 1 rings (SSSR count). The van der Waals surface area contributed by atoms with Gasteiger partial charge in [-0.3, -0.25) is 4.79 Å². The summed E-state index contributed by atoms with van der Waals surface area (Å²) in [5.74, 6) is -1.96. The normalized spacial score (nSPS) is 11.3.